The molecule has 0 spiro atoms. The van der Waals surface area contributed by atoms with Crippen LogP contribution in [0.3, 0.4) is 0 Å². The van der Waals surface area contributed by atoms with E-state index in [0.717, 1.165) is 56.0 Å². The zero-order valence-electron chi connectivity index (χ0n) is 36.4. The summed E-state index contributed by atoms with van der Waals surface area (Å²) in [5.74, 6) is 2.73. The minimum absolute atomic E-state index is 0. The van der Waals surface area contributed by atoms with Crippen LogP contribution in [0.5, 0.6) is 23.0 Å². The maximum Gasteiger partial charge on any atom is 0.191 e. The zero-order chi connectivity index (χ0) is 42.7. The highest BCUT2D eigenvalue weighted by molar-refractivity contribution is 5.85. The fraction of sp³-hybridized carbons (Fsp3) is 0.435. The Labute approximate surface area is 378 Å². The average molecular weight is 900 g/mol. The first kappa shape index (κ1) is 51.4. The van der Waals surface area contributed by atoms with E-state index in [-0.39, 0.29) is 36.7 Å². The van der Waals surface area contributed by atoms with Crippen LogP contribution in [0.2, 0.25) is 0 Å². The minimum atomic E-state index is -0.0709. The van der Waals surface area contributed by atoms with Crippen LogP contribution in [-0.4, -0.2) is 91.2 Å². The SMILES string of the molecule is CCOCCOc1c2cccc1Cc1cc(N=C(N)N)cc(c1OCCOCC)Cc1cc(N=C(N)N)cc(c1OCCOCC)Cc1cccc(c1OCCOCC)C2.Cl.Cl. The van der Waals surface area contributed by atoms with E-state index >= 15 is 0 Å². The molecule has 0 radical (unpaired) electrons. The number of fused-ring (bicyclic) bond motifs is 8. The first-order chi connectivity index (χ1) is 29.2. The molecule has 4 aromatic rings. The third kappa shape index (κ3) is 15.1. The number of hydrogen-bond donors (Lipinski definition) is 4. The van der Waals surface area contributed by atoms with Gasteiger partial charge in [-0.3, -0.25) is 0 Å². The summed E-state index contributed by atoms with van der Waals surface area (Å²) in [5, 5.41) is 0. The van der Waals surface area contributed by atoms with Crippen LogP contribution < -0.4 is 41.9 Å². The Balaban J connectivity index is 0.00000512. The van der Waals surface area contributed by atoms with Crippen molar-refractivity contribution in [2.75, 3.05) is 79.3 Å². The summed E-state index contributed by atoms with van der Waals surface area (Å²) in [6.07, 6.45) is 1.71. The summed E-state index contributed by atoms with van der Waals surface area (Å²) < 4.78 is 49.4. The molecule has 0 fully saturated rings. The molecule has 8 N–H and O–H groups in total. The molecule has 62 heavy (non-hydrogen) atoms. The van der Waals surface area contributed by atoms with Gasteiger partial charge in [0, 0.05) is 74.4 Å². The van der Waals surface area contributed by atoms with Gasteiger partial charge in [-0.2, -0.15) is 0 Å². The molecular formula is C46H64Cl2N6O8. The second-order valence-electron chi connectivity index (χ2n) is 14.0. The number of ether oxygens (including phenoxy) is 8. The summed E-state index contributed by atoms with van der Waals surface area (Å²) in [5.41, 5.74) is 32.3. The van der Waals surface area contributed by atoms with Crippen LogP contribution in [0.15, 0.2) is 70.6 Å². The number of para-hydroxylation sites is 2. The molecule has 4 aromatic carbocycles. The summed E-state index contributed by atoms with van der Waals surface area (Å²) in [6.45, 7) is 13.2. The monoisotopic (exact) mass is 898 g/mol. The highest BCUT2D eigenvalue weighted by atomic mass is 35.5. The topological polar surface area (TPSA) is 203 Å². The number of nitrogens with zero attached hydrogens (tertiary/aromatic N) is 2. The molecule has 0 unspecified atom stereocenters. The van der Waals surface area contributed by atoms with E-state index in [9.17, 15) is 0 Å². The van der Waals surface area contributed by atoms with Crippen LogP contribution in [0.25, 0.3) is 0 Å². The average Bonchev–Trinajstić information content (AvgIpc) is 3.20. The Morgan fingerprint density at radius 2 is 0.645 bits per heavy atom. The van der Waals surface area contributed by atoms with Gasteiger partial charge in [0.05, 0.1) is 37.8 Å². The standard InChI is InChI=1S/C46H62N6O8.2ClH/c1-5-53-15-19-57-41-31-11-9-13-33(41)24-35-27-39(51-45(47)48)29-37(43(35)59-21-17-55-7-3)26-38-30-40(52-46(49)50)28-36(44(38)60-22-18-56-8-4)25-34-14-10-12-32(23-31)42(34)58-20-16-54-6-2;;/h9-14,27-30H,5-8,15-26H2,1-4H3,(H4,47,48,51)(H4,49,50,52);2*1H. The van der Waals surface area contributed by atoms with E-state index in [1.165, 1.54) is 0 Å². The molecular weight excluding hydrogens is 835 g/mol. The molecule has 0 atom stereocenters. The molecule has 14 nitrogen and oxygen atoms in total. The van der Waals surface area contributed by atoms with Gasteiger partial charge in [0.25, 0.3) is 0 Å². The molecule has 0 aliphatic heterocycles. The van der Waals surface area contributed by atoms with E-state index in [4.69, 9.17) is 60.8 Å². The number of aliphatic imine (C=N–C) groups is 2. The quantitative estimate of drug-likeness (QED) is 0.0327. The van der Waals surface area contributed by atoms with Crippen molar-refractivity contribution in [3.05, 3.63) is 105 Å². The number of guanidine groups is 2. The number of hydrogen-bond acceptors (Lipinski definition) is 10. The molecule has 0 saturated heterocycles. The normalized spacial score (nSPS) is 11.7. The Morgan fingerprint density at radius 1 is 0.403 bits per heavy atom. The van der Waals surface area contributed by atoms with Crippen LogP contribution in [0.1, 0.15) is 72.2 Å². The second kappa shape index (κ2) is 27.2. The zero-order valence-corrected chi connectivity index (χ0v) is 38.0. The number of benzene rings is 4. The molecule has 0 saturated carbocycles. The van der Waals surface area contributed by atoms with Crippen LogP contribution in [-0.2, 0) is 44.6 Å². The Hall–Kier alpha value is -4.96. The maximum absolute atomic E-state index is 6.67. The molecule has 340 valence electrons. The van der Waals surface area contributed by atoms with Gasteiger partial charge in [-0.15, -0.1) is 24.8 Å². The predicted molar refractivity (Wildman–Crippen MR) is 250 cm³/mol. The maximum atomic E-state index is 6.67. The number of nitrogens with two attached hydrogens (primary N) is 4. The van der Waals surface area contributed by atoms with E-state index in [2.05, 4.69) is 46.4 Å². The molecule has 8 bridgehead atoms. The third-order valence-electron chi connectivity index (χ3n) is 9.56. The highest BCUT2D eigenvalue weighted by Gasteiger charge is 2.23. The van der Waals surface area contributed by atoms with Gasteiger partial charge < -0.3 is 60.8 Å². The van der Waals surface area contributed by atoms with Gasteiger partial charge in [-0.1, -0.05) is 36.4 Å². The minimum Gasteiger partial charge on any atom is -0.491 e. The summed E-state index contributed by atoms with van der Waals surface area (Å²) in [4.78, 5) is 9.05. The molecule has 1 aliphatic carbocycles. The van der Waals surface area contributed by atoms with Crippen molar-refractivity contribution < 1.29 is 37.9 Å². The first-order valence-corrected chi connectivity index (χ1v) is 20.8. The van der Waals surface area contributed by atoms with Gasteiger partial charge in [-0.25, -0.2) is 9.98 Å². The summed E-state index contributed by atoms with van der Waals surface area (Å²) in [6, 6.07) is 20.2. The van der Waals surface area contributed by atoms with Gasteiger partial charge >= 0.3 is 0 Å². The van der Waals surface area contributed by atoms with Crippen LogP contribution >= 0.6 is 24.8 Å². The van der Waals surface area contributed by atoms with Gasteiger partial charge in [0.2, 0.25) is 0 Å². The van der Waals surface area contributed by atoms with Crippen molar-refractivity contribution in [1.82, 2.24) is 0 Å². The van der Waals surface area contributed by atoms with E-state index < -0.39 is 0 Å². The van der Waals surface area contributed by atoms with E-state index in [0.29, 0.717) is 128 Å². The molecule has 0 amide bonds. The Morgan fingerprint density at radius 3 is 0.903 bits per heavy atom. The summed E-state index contributed by atoms with van der Waals surface area (Å²) in [7, 11) is 0. The molecule has 16 heteroatoms. The Kier molecular flexibility index (Phi) is 22.5. The van der Waals surface area contributed by atoms with Gasteiger partial charge in [0.15, 0.2) is 11.9 Å². The lowest BCUT2D eigenvalue weighted by atomic mass is 9.90. The molecule has 5 rings (SSSR count). The fourth-order valence-corrected chi connectivity index (χ4v) is 7.21. The lowest BCUT2D eigenvalue weighted by molar-refractivity contribution is 0.108. The van der Waals surface area contributed by atoms with Crippen molar-refractivity contribution in [1.29, 1.82) is 0 Å². The Bertz CT molecular complexity index is 1920. The van der Waals surface area contributed by atoms with Gasteiger partial charge in [-0.05, 0) is 74.2 Å². The number of rotatable bonds is 22. The van der Waals surface area contributed by atoms with Crippen molar-refractivity contribution in [3.8, 4) is 23.0 Å². The van der Waals surface area contributed by atoms with Crippen molar-refractivity contribution in [2.45, 2.75) is 53.4 Å². The first-order valence-electron chi connectivity index (χ1n) is 20.8. The highest BCUT2D eigenvalue weighted by Crippen LogP contribution is 2.41. The van der Waals surface area contributed by atoms with Crippen LogP contribution in [0, 0.1) is 0 Å². The second-order valence-corrected chi connectivity index (χ2v) is 14.0. The lowest BCUT2D eigenvalue weighted by Crippen LogP contribution is -2.22. The van der Waals surface area contributed by atoms with Gasteiger partial charge in [0.1, 0.15) is 49.4 Å². The van der Waals surface area contributed by atoms with Crippen molar-refractivity contribution in [2.24, 2.45) is 32.9 Å². The molecule has 0 heterocycles. The van der Waals surface area contributed by atoms with E-state index in [1.54, 1.807) is 0 Å². The van der Waals surface area contributed by atoms with Crippen LogP contribution in [0.4, 0.5) is 11.4 Å². The summed E-state index contributed by atoms with van der Waals surface area (Å²) >= 11 is 0. The third-order valence-corrected chi connectivity index (χ3v) is 9.56. The van der Waals surface area contributed by atoms with Crippen molar-refractivity contribution in [3.63, 3.8) is 0 Å². The molecule has 0 aromatic heterocycles. The van der Waals surface area contributed by atoms with Crippen molar-refractivity contribution >= 4 is 48.1 Å². The predicted octanol–water partition coefficient (Wildman–Crippen LogP) is 6.68. The fourth-order valence-electron chi connectivity index (χ4n) is 7.21. The van der Waals surface area contributed by atoms with E-state index in [1.807, 2.05) is 52.0 Å². The molecule has 1 aliphatic rings. The smallest absolute Gasteiger partial charge is 0.191 e. The lowest BCUT2D eigenvalue weighted by Gasteiger charge is -2.23. The number of halogens is 2. The largest absolute Gasteiger partial charge is 0.491 e.